The van der Waals surface area contributed by atoms with Crippen LogP contribution in [0.5, 0.6) is 0 Å². The average molecular weight is 415 g/mol. The molecule has 3 aromatic rings. The average Bonchev–Trinajstić information content (AvgIpc) is 2.69. The van der Waals surface area contributed by atoms with E-state index in [2.05, 4.69) is 15.3 Å². The number of aromatic nitrogens is 1. The number of hydrogen-bond acceptors (Lipinski definition) is 4. The van der Waals surface area contributed by atoms with Crippen LogP contribution >= 0.6 is 11.6 Å². The topological polar surface area (TPSA) is 97.4 Å². The number of nitrogens with zero attached hydrogens (tertiary/aromatic N) is 2. The number of guanidine groups is 1. The molecule has 0 unspecified atom stereocenters. The molecule has 0 bridgehead atoms. The molecule has 0 fully saturated rings. The molecule has 0 aliphatic rings. The second-order valence-electron chi connectivity index (χ2n) is 6.12. The largest absolute Gasteiger partial charge is 0.370 e. The van der Waals surface area contributed by atoms with Crippen molar-refractivity contribution in [2.75, 3.05) is 5.32 Å². The number of nitrogens with two attached hydrogens (primary N) is 1. The van der Waals surface area contributed by atoms with Gasteiger partial charge in [0.2, 0.25) is 9.84 Å². The fourth-order valence-corrected chi connectivity index (χ4v) is 3.98. The fraction of sp³-hybridized carbons (Fsp3) is 0.100. The standard InChI is InChI=1S/C20H19ClN4O2S/c1-14-2-5-18(12-19(14)21)28(26,27)17-6-3-15(4-7-17)13-24-20(22)25-16-8-10-23-11-9-16/h2-12H,13H2,1H3,(H3,22,23,24,25). The number of aliphatic imine (C=N–C) groups is 1. The third-order valence-corrected chi connectivity index (χ3v) is 6.25. The molecule has 0 atom stereocenters. The fourth-order valence-electron chi connectivity index (χ4n) is 2.45. The Bertz CT molecular complexity index is 1100. The van der Waals surface area contributed by atoms with Crippen molar-refractivity contribution >= 4 is 33.1 Å². The SMILES string of the molecule is Cc1ccc(S(=O)(=O)c2ccc(CN=C(N)Nc3ccncc3)cc2)cc1Cl. The zero-order valence-electron chi connectivity index (χ0n) is 15.1. The van der Waals surface area contributed by atoms with Crippen LogP contribution in [-0.4, -0.2) is 19.4 Å². The van der Waals surface area contributed by atoms with Crippen molar-refractivity contribution in [3.05, 3.63) is 83.1 Å². The normalized spacial score (nSPS) is 12.0. The lowest BCUT2D eigenvalue weighted by molar-refractivity contribution is 0.596. The summed E-state index contributed by atoms with van der Waals surface area (Å²) in [6.45, 7) is 2.14. The number of rotatable bonds is 5. The van der Waals surface area contributed by atoms with Gasteiger partial charge in [0.25, 0.3) is 0 Å². The molecule has 3 rings (SSSR count). The van der Waals surface area contributed by atoms with Gasteiger partial charge in [0.05, 0.1) is 16.3 Å². The lowest BCUT2D eigenvalue weighted by Crippen LogP contribution is -2.22. The first-order valence-corrected chi connectivity index (χ1v) is 10.3. The second-order valence-corrected chi connectivity index (χ2v) is 8.48. The highest BCUT2D eigenvalue weighted by Crippen LogP contribution is 2.25. The van der Waals surface area contributed by atoms with E-state index >= 15 is 0 Å². The molecule has 0 radical (unpaired) electrons. The summed E-state index contributed by atoms with van der Waals surface area (Å²) < 4.78 is 25.5. The maximum Gasteiger partial charge on any atom is 0.206 e. The summed E-state index contributed by atoms with van der Waals surface area (Å²) in [4.78, 5) is 8.55. The minimum atomic E-state index is -3.63. The van der Waals surface area contributed by atoms with Gasteiger partial charge >= 0.3 is 0 Å². The minimum absolute atomic E-state index is 0.166. The number of sulfone groups is 1. The van der Waals surface area contributed by atoms with E-state index in [9.17, 15) is 8.42 Å². The molecule has 28 heavy (non-hydrogen) atoms. The Kier molecular flexibility index (Phi) is 5.96. The van der Waals surface area contributed by atoms with E-state index in [4.69, 9.17) is 17.3 Å². The van der Waals surface area contributed by atoms with Gasteiger partial charge in [-0.2, -0.15) is 0 Å². The maximum atomic E-state index is 12.8. The first-order valence-electron chi connectivity index (χ1n) is 8.43. The van der Waals surface area contributed by atoms with Crippen molar-refractivity contribution in [1.82, 2.24) is 4.98 Å². The van der Waals surface area contributed by atoms with E-state index < -0.39 is 9.84 Å². The first kappa shape index (κ1) is 19.9. The molecule has 0 amide bonds. The van der Waals surface area contributed by atoms with E-state index in [1.54, 1.807) is 60.9 Å². The number of aryl methyl sites for hydroxylation is 1. The van der Waals surface area contributed by atoms with Crippen molar-refractivity contribution < 1.29 is 8.42 Å². The summed E-state index contributed by atoms with van der Waals surface area (Å²) >= 11 is 6.06. The molecule has 3 N–H and O–H groups in total. The molecule has 0 spiro atoms. The molecule has 1 aromatic heterocycles. The van der Waals surface area contributed by atoms with E-state index in [1.165, 1.54) is 6.07 Å². The molecule has 1 heterocycles. The molecule has 0 aliphatic heterocycles. The van der Waals surface area contributed by atoms with Crippen LogP contribution in [0.4, 0.5) is 5.69 Å². The van der Waals surface area contributed by atoms with Gasteiger partial charge in [0.1, 0.15) is 0 Å². The number of halogens is 1. The van der Waals surface area contributed by atoms with Crippen molar-refractivity contribution in [3.63, 3.8) is 0 Å². The predicted octanol–water partition coefficient (Wildman–Crippen LogP) is 3.80. The predicted molar refractivity (Wildman–Crippen MR) is 111 cm³/mol. The van der Waals surface area contributed by atoms with E-state index in [1.807, 2.05) is 6.92 Å². The van der Waals surface area contributed by atoms with Crippen molar-refractivity contribution in [2.24, 2.45) is 10.7 Å². The Morgan fingerprint density at radius 1 is 1.07 bits per heavy atom. The summed E-state index contributed by atoms with van der Waals surface area (Å²) in [7, 11) is -3.63. The van der Waals surface area contributed by atoms with Crippen LogP contribution < -0.4 is 11.1 Å². The molecule has 0 saturated carbocycles. The van der Waals surface area contributed by atoms with Crippen LogP contribution in [0.3, 0.4) is 0 Å². The smallest absolute Gasteiger partial charge is 0.206 e. The highest BCUT2D eigenvalue weighted by atomic mass is 35.5. The highest BCUT2D eigenvalue weighted by Gasteiger charge is 2.18. The van der Waals surface area contributed by atoms with Gasteiger partial charge in [0, 0.05) is 23.1 Å². The number of benzene rings is 2. The quantitative estimate of drug-likeness (QED) is 0.488. The molecule has 144 valence electrons. The first-order chi connectivity index (χ1) is 13.4. The Labute approximate surface area is 169 Å². The van der Waals surface area contributed by atoms with Gasteiger partial charge in [-0.1, -0.05) is 29.8 Å². The highest BCUT2D eigenvalue weighted by molar-refractivity contribution is 7.91. The van der Waals surface area contributed by atoms with E-state index in [-0.39, 0.29) is 15.8 Å². The molecular formula is C20H19ClN4O2S. The minimum Gasteiger partial charge on any atom is -0.370 e. The van der Waals surface area contributed by atoms with Crippen LogP contribution in [0.1, 0.15) is 11.1 Å². The summed E-state index contributed by atoms with van der Waals surface area (Å²) in [5, 5.41) is 3.38. The lowest BCUT2D eigenvalue weighted by Gasteiger charge is -2.08. The van der Waals surface area contributed by atoms with E-state index in [0.29, 0.717) is 11.6 Å². The van der Waals surface area contributed by atoms with Gasteiger partial charge in [-0.05, 0) is 54.4 Å². The van der Waals surface area contributed by atoms with Crippen molar-refractivity contribution in [3.8, 4) is 0 Å². The number of anilines is 1. The number of nitrogens with one attached hydrogen (secondary N) is 1. The zero-order valence-corrected chi connectivity index (χ0v) is 16.7. The number of pyridine rings is 1. The maximum absolute atomic E-state index is 12.8. The van der Waals surface area contributed by atoms with Gasteiger partial charge in [0.15, 0.2) is 5.96 Å². The summed E-state index contributed by atoms with van der Waals surface area (Å²) in [5.41, 5.74) is 8.31. The van der Waals surface area contributed by atoms with Crippen LogP contribution in [-0.2, 0) is 16.4 Å². The van der Waals surface area contributed by atoms with Crippen LogP contribution in [0.15, 0.2) is 81.8 Å². The molecule has 0 aliphatic carbocycles. The summed E-state index contributed by atoms with van der Waals surface area (Å²) in [6, 6.07) is 14.8. The molecular weight excluding hydrogens is 396 g/mol. The van der Waals surface area contributed by atoms with Crippen molar-refractivity contribution in [1.29, 1.82) is 0 Å². The zero-order chi connectivity index (χ0) is 20.1. The van der Waals surface area contributed by atoms with E-state index in [0.717, 1.165) is 16.8 Å². The summed E-state index contributed by atoms with van der Waals surface area (Å²) in [6.07, 6.45) is 3.30. The Morgan fingerprint density at radius 2 is 1.71 bits per heavy atom. The van der Waals surface area contributed by atoms with Gasteiger partial charge < -0.3 is 11.1 Å². The van der Waals surface area contributed by atoms with Gasteiger partial charge in [-0.25, -0.2) is 13.4 Å². The molecule has 0 saturated heterocycles. The monoisotopic (exact) mass is 414 g/mol. The molecule has 8 heteroatoms. The third-order valence-electron chi connectivity index (χ3n) is 4.07. The van der Waals surface area contributed by atoms with Crippen LogP contribution in [0.2, 0.25) is 5.02 Å². The lowest BCUT2D eigenvalue weighted by atomic mass is 10.2. The van der Waals surface area contributed by atoms with Gasteiger partial charge in [-0.3, -0.25) is 4.98 Å². The molecule has 6 nitrogen and oxygen atoms in total. The third kappa shape index (κ3) is 4.68. The Hall–Kier alpha value is -2.90. The number of hydrogen-bond donors (Lipinski definition) is 2. The van der Waals surface area contributed by atoms with Crippen LogP contribution in [0, 0.1) is 6.92 Å². The Morgan fingerprint density at radius 3 is 2.36 bits per heavy atom. The van der Waals surface area contributed by atoms with Gasteiger partial charge in [-0.15, -0.1) is 0 Å². The molecule has 2 aromatic carbocycles. The summed E-state index contributed by atoms with van der Waals surface area (Å²) in [5.74, 6) is 0.261. The second kappa shape index (κ2) is 8.41. The Balaban J connectivity index is 1.72. The van der Waals surface area contributed by atoms with Crippen LogP contribution in [0.25, 0.3) is 0 Å². The van der Waals surface area contributed by atoms with Crippen molar-refractivity contribution in [2.45, 2.75) is 23.3 Å².